The summed E-state index contributed by atoms with van der Waals surface area (Å²) in [6.07, 6.45) is 5.03. The fraction of sp³-hybridized carbons (Fsp3) is 0.714. The van der Waals surface area contributed by atoms with Gasteiger partial charge in [-0.05, 0) is 25.2 Å². The molecular formula is C14H25N5. The molecule has 1 unspecified atom stereocenters. The molecule has 1 aliphatic heterocycles. The summed E-state index contributed by atoms with van der Waals surface area (Å²) in [6, 6.07) is 2.29. The minimum atomic E-state index is 0.265. The summed E-state index contributed by atoms with van der Waals surface area (Å²) < 4.78 is 0. The standard InChI is InChI=1S/C14H25N5/c1-11(2)5-6-16-13-8-14(18-10-17-13)19-7-3-4-12(15)9-19/h8,10-12H,3-7,9,15H2,1-2H3,(H,16,17,18). The lowest BCUT2D eigenvalue weighted by atomic mass is 10.1. The molecule has 1 aromatic heterocycles. The fourth-order valence-electron chi connectivity index (χ4n) is 2.32. The van der Waals surface area contributed by atoms with Crippen LogP contribution in [0.4, 0.5) is 11.6 Å². The summed E-state index contributed by atoms with van der Waals surface area (Å²) in [6.45, 7) is 7.33. The zero-order valence-electron chi connectivity index (χ0n) is 12.0. The molecule has 3 N–H and O–H groups in total. The Morgan fingerprint density at radius 1 is 1.47 bits per heavy atom. The van der Waals surface area contributed by atoms with Gasteiger partial charge < -0.3 is 16.0 Å². The van der Waals surface area contributed by atoms with Crippen LogP contribution in [0.15, 0.2) is 12.4 Å². The molecule has 2 heterocycles. The number of nitrogens with zero attached hydrogens (tertiary/aromatic N) is 3. The van der Waals surface area contributed by atoms with Crippen molar-refractivity contribution in [3.63, 3.8) is 0 Å². The average Bonchev–Trinajstić information content (AvgIpc) is 2.39. The summed E-state index contributed by atoms with van der Waals surface area (Å²) in [4.78, 5) is 10.9. The van der Waals surface area contributed by atoms with Crippen LogP contribution in [0.1, 0.15) is 33.1 Å². The average molecular weight is 263 g/mol. The van der Waals surface area contributed by atoms with Gasteiger partial charge in [-0.2, -0.15) is 0 Å². The molecule has 1 atom stereocenters. The molecular weight excluding hydrogens is 238 g/mol. The zero-order valence-corrected chi connectivity index (χ0v) is 12.0. The van der Waals surface area contributed by atoms with Gasteiger partial charge in [-0.1, -0.05) is 13.8 Å². The van der Waals surface area contributed by atoms with Gasteiger partial charge in [0, 0.05) is 31.7 Å². The Labute approximate surface area is 115 Å². The highest BCUT2D eigenvalue weighted by Crippen LogP contribution is 2.18. The first-order valence-corrected chi connectivity index (χ1v) is 7.21. The van der Waals surface area contributed by atoms with E-state index in [4.69, 9.17) is 5.73 Å². The normalized spacial score (nSPS) is 19.8. The molecule has 1 aromatic rings. The lowest BCUT2D eigenvalue weighted by molar-refractivity contribution is 0.503. The second-order valence-electron chi connectivity index (χ2n) is 5.72. The summed E-state index contributed by atoms with van der Waals surface area (Å²) in [5.41, 5.74) is 6.01. The van der Waals surface area contributed by atoms with Gasteiger partial charge in [-0.15, -0.1) is 0 Å². The largest absolute Gasteiger partial charge is 0.370 e. The molecule has 0 aliphatic carbocycles. The second kappa shape index (κ2) is 6.70. The van der Waals surface area contributed by atoms with Gasteiger partial charge >= 0.3 is 0 Å². The number of anilines is 2. The Hall–Kier alpha value is -1.36. The van der Waals surface area contributed by atoms with E-state index in [-0.39, 0.29) is 6.04 Å². The first kappa shape index (κ1) is 14.1. The Balaban J connectivity index is 1.94. The van der Waals surface area contributed by atoms with Crippen LogP contribution in [-0.2, 0) is 0 Å². The van der Waals surface area contributed by atoms with E-state index in [1.807, 2.05) is 6.07 Å². The number of piperidine rings is 1. The summed E-state index contributed by atoms with van der Waals surface area (Å²) in [7, 11) is 0. The maximum atomic E-state index is 6.01. The number of hydrogen-bond acceptors (Lipinski definition) is 5. The number of nitrogens with one attached hydrogen (secondary N) is 1. The molecule has 0 aromatic carbocycles. The van der Waals surface area contributed by atoms with Crippen molar-refractivity contribution in [2.45, 2.75) is 39.2 Å². The van der Waals surface area contributed by atoms with Crippen molar-refractivity contribution in [3.05, 3.63) is 12.4 Å². The molecule has 0 amide bonds. The summed E-state index contributed by atoms with van der Waals surface area (Å²) in [5, 5.41) is 3.36. The molecule has 0 spiro atoms. The number of aromatic nitrogens is 2. The Morgan fingerprint density at radius 3 is 3.05 bits per heavy atom. The predicted molar refractivity (Wildman–Crippen MR) is 79.4 cm³/mol. The highest BCUT2D eigenvalue weighted by Gasteiger charge is 2.18. The molecule has 5 nitrogen and oxygen atoms in total. The summed E-state index contributed by atoms with van der Waals surface area (Å²) >= 11 is 0. The van der Waals surface area contributed by atoms with E-state index in [1.54, 1.807) is 6.33 Å². The molecule has 5 heteroatoms. The molecule has 1 fully saturated rings. The van der Waals surface area contributed by atoms with Crippen LogP contribution >= 0.6 is 0 Å². The van der Waals surface area contributed by atoms with E-state index in [9.17, 15) is 0 Å². The number of nitrogens with two attached hydrogens (primary N) is 1. The lowest BCUT2D eigenvalue weighted by Crippen LogP contribution is -2.43. The van der Waals surface area contributed by atoms with Gasteiger partial charge in [0.2, 0.25) is 0 Å². The second-order valence-corrected chi connectivity index (χ2v) is 5.72. The van der Waals surface area contributed by atoms with Crippen LogP contribution in [0, 0.1) is 5.92 Å². The van der Waals surface area contributed by atoms with Crippen molar-refractivity contribution in [3.8, 4) is 0 Å². The maximum Gasteiger partial charge on any atom is 0.134 e. The van der Waals surface area contributed by atoms with Crippen LogP contribution in [0.25, 0.3) is 0 Å². The van der Waals surface area contributed by atoms with Crippen molar-refractivity contribution in [2.24, 2.45) is 11.7 Å². The van der Waals surface area contributed by atoms with Crippen LogP contribution in [-0.4, -0.2) is 35.6 Å². The van der Waals surface area contributed by atoms with Crippen LogP contribution in [0.2, 0.25) is 0 Å². The smallest absolute Gasteiger partial charge is 0.134 e. The van der Waals surface area contributed by atoms with Gasteiger partial charge in [0.25, 0.3) is 0 Å². The molecule has 0 radical (unpaired) electrons. The van der Waals surface area contributed by atoms with Crippen LogP contribution in [0.5, 0.6) is 0 Å². The van der Waals surface area contributed by atoms with Gasteiger partial charge in [0.1, 0.15) is 18.0 Å². The Morgan fingerprint density at radius 2 is 2.32 bits per heavy atom. The Kier molecular flexibility index (Phi) is 4.96. The zero-order chi connectivity index (χ0) is 13.7. The van der Waals surface area contributed by atoms with E-state index in [1.165, 1.54) is 0 Å². The van der Waals surface area contributed by atoms with Crippen molar-refractivity contribution < 1.29 is 0 Å². The van der Waals surface area contributed by atoms with Gasteiger partial charge in [0.15, 0.2) is 0 Å². The van der Waals surface area contributed by atoms with Crippen LogP contribution in [0.3, 0.4) is 0 Å². The third kappa shape index (κ3) is 4.35. The molecule has 0 saturated carbocycles. The van der Waals surface area contributed by atoms with E-state index < -0.39 is 0 Å². The first-order chi connectivity index (χ1) is 9.15. The monoisotopic (exact) mass is 263 g/mol. The van der Waals surface area contributed by atoms with Crippen molar-refractivity contribution in [1.29, 1.82) is 0 Å². The van der Waals surface area contributed by atoms with Crippen molar-refractivity contribution in [1.82, 2.24) is 9.97 Å². The van der Waals surface area contributed by atoms with E-state index in [0.717, 1.165) is 50.5 Å². The minimum Gasteiger partial charge on any atom is -0.370 e. The quantitative estimate of drug-likeness (QED) is 0.849. The molecule has 1 saturated heterocycles. The lowest BCUT2D eigenvalue weighted by Gasteiger charge is -2.31. The molecule has 19 heavy (non-hydrogen) atoms. The SMILES string of the molecule is CC(C)CCNc1cc(N2CCCC(N)C2)ncn1. The van der Waals surface area contributed by atoms with E-state index >= 15 is 0 Å². The summed E-state index contributed by atoms with van der Waals surface area (Å²) in [5.74, 6) is 2.59. The van der Waals surface area contributed by atoms with Crippen molar-refractivity contribution in [2.75, 3.05) is 29.9 Å². The van der Waals surface area contributed by atoms with Gasteiger partial charge in [-0.3, -0.25) is 0 Å². The van der Waals surface area contributed by atoms with Gasteiger partial charge in [0.05, 0.1) is 0 Å². The highest BCUT2D eigenvalue weighted by molar-refractivity contribution is 5.48. The molecule has 0 bridgehead atoms. The molecule has 1 aliphatic rings. The molecule has 106 valence electrons. The van der Waals surface area contributed by atoms with E-state index in [2.05, 4.69) is 34.0 Å². The minimum absolute atomic E-state index is 0.265. The fourth-order valence-corrected chi connectivity index (χ4v) is 2.32. The predicted octanol–water partition coefficient (Wildman–Crippen LogP) is 1.86. The number of hydrogen-bond donors (Lipinski definition) is 2. The topological polar surface area (TPSA) is 67.1 Å². The van der Waals surface area contributed by atoms with Crippen molar-refractivity contribution >= 4 is 11.6 Å². The van der Waals surface area contributed by atoms with Gasteiger partial charge in [-0.25, -0.2) is 9.97 Å². The Bertz CT molecular complexity index is 393. The molecule has 2 rings (SSSR count). The maximum absolute atomic E-state index is 6.01. The third-order valence-electron chi connectivity index (χ3n) is 3.46. The third-order valence-corrected chi connectivity index (χ3v) is 3.46. The van der Waals surface area contributed by atoms with E-state index in [0.29, 0.717) is 5.92 Å². The number of rotatable bonds is 5. The van der Waals surface area contributed by atoms with Crippen LogP contribution < -0.4 is 16.0 Å². The first-order valence-electron chi connectivity index (χ1n) is 7.21. The highest BCUT2D eigenvalue weighted by atomic mass is 15.2.